The fraction of sp³-hybridized carbons (Fsp3) is 0.583. The van der Waals surface area contributed by atoms with Gasteiger partial charge in [0.25, 0.3) is 0 Å². The fourth-order valence-electron chi connectivity index (χ4n) is 3.30. The van der Waals surface area contributed by atoms with Crippen molar-refractivity contribution in [2.45, 2.75) is 31.8 Å². The monoisotopic (exact) mass is 312 g/mol. The summed E-state index contributed by atoms with van der Waals surface area (Å²) in [5.41, 5.74) is 3.18. The van der Waals surface area contributed by atoms with Crippen LogP contribution in [-0.2, 0) is 28.3 Å². The van der Waals surface area contributed by atoms with E-state index >= 15 is 0 Å². The Kier molecular flexibility index (Phi) is 2.63. The SMILES string of the molecule is Cn1ncc2c1CN1CC2N(OS(=O)(=O)O)C1=C1CCC1. The van der Waals surface area contributed by atoms with Gasteiger partial charge < -0.3 is 4.90 Å². The Bertz CT molecular complexity index is 732. The number of hydrogen-bond donors (Lipinski definition) is 1. The Labute approximate surface area is 122 Å². The van der Waals surface area contributed by atoms with Crippen LogP contribution in [0.15, 0.2) is 17.6 Å². The molecule has 1 saturated carbocycles. The zero-order chi connectivity index (χ0) is 14.8. The van der Waals surface area contributed by atoms with Crippen LogP contribution >= 0.6 is 0 Å². The molecule has 114 valence electrons. The van der Waals surface area contributed by atoms with E-state index in [0.29, 0.717) is 13.1 Å². The molecule has 0 aromatic carbocycles. The summed E-state index contributed by atoms with van der Waals surface area (Å²) >= 11 is 0. The molecule has 2 fully saturated rings. The van der Waals surface area contributed by atoms with Gasteiger partial charge in [0.15, 0.2) is 0 Å². The smallest absolute Gasteiger partial charge is 0.348 e. The first-order valence-corrected chi connectivity index (χ1v) is 8.24. The molecule has 0 spiro atoms. The van der Waals surface area contributed by atoms with E-state index in [2.05, 4.69) is 10.00 Å². The number of fused-ring (bicyclic) bond motifs is 4. The maximum atomic E-state index is 11.2. The summed E-state index contributed by atoms with van der Waals surface area (Å²) in [4.78, 5) is 2.11. The molecule has 2 aliphatic heterocycles. The fourth-order valence-corrected chi connectivity index (χ4v) is 3.68. The number of aryl methyl sites for hydroxylation is 1. The molecule has 21 heavy (non-hydrogen) atoms. The van der Waals surface area contributed by atoms with Crippen LogP contribution in [0.3, 0.4) is 0 Å². The minimum Gasteiger partial charge on any atom is -0.348 e. The lowest BCUT2D eigenvalue weighted by atomic mass is 9.92. The van der Waals surface area contributed by atoms with Gasteiger partial charge in [-0.15, -0.1) is 4.28 Å². The maximum absolute atomic E-state index is 11.2. The molecule has 4 rings (SSSR count). The van der Waals surface area contributed by atoms with Crippen molar-refractivity contribution in [1.82, 2.24) is 19.7 Å². The van der Waals surface area contributed by atoms with Gasteiger partial charge >= 0.3 is 10.4 Å². The van der Waals surface area contributed by atoms with Crippen LogP contribution in [0.1, 0.15) is 36.6 Å². The molecule has 1 N–H and O–H groups in total. The molecule has 2 bridgehead atoms. The summed E-state index contributed by atoms with van der Waals surface area (Å²) < 4.78 is 38.2. The highest BCUT2D eigenvalue weighted by atomic mass is 32.3. The Morgan fingerprint density at radius 2 is 2.19 bits per heavy atom. The summed E-state index contributed by atoms with van der Waals surface area (Å²) in [5, 5.41) is 5.58. The third-order valence-corrected chi connectivity index (χ3v) is 4.78. The van der Waals surface area contributed by atoms with Gasteiger partial charge in [0.2, 0.25) is 0 Å². The Balaban J connectivity index is 1.81. The zero-order valence-electron chi connectivity index (χ0n) is 11.6. The first-order valence-electron chi connectivity index (χ1n) is 6.88. The van der Waals surface area contributed by atoms with Gasteiger partial charge in [0.05, 0.1) is 18.4 Å². The molecule has 3 heterocycles. The van der Waals surface area contributed by atoms with E-state index < -0.39 is 10.4 Å². The second-order valence-corrected chi connectivity index (χ2v) is 6.68. The van der Waals surface area contributed by atoms with E-state index in [1.54, 1.807) is 10.9 Å². The molecule has 1 unspecified atom stereocenters. The highest BCUT2D eigenvalue weighted by Gasteiger charge is 2.46. The molecule has 8 nitrogen and oxygen atoms in total. The van der Waals surface area contributed by atoms with E-state index in [4.69, 9.17) is 8.84 Å². The van der Waals surface area contributed by atoms with Crippen molar-refractivity contribution < 1.29 is 17.3 Å². The summed E-state index contributed by atoms with van der Waals surface area (Å²) in [6.45, 7) is 1.32. The third-order valence-electron chi connectivity index (χ3n) is 4.43. The molecule has 1 aromatic rings. The molecule has 0 amide bonds. The number of aromatic nitrogens is 2. The number of rotatable bonds is 2. The molecule has 1 saturated heterocycles. The molecule has 1 atom stereocenters. The summed E-state index contributed by atoms with van der Waals surface area (Å²) in [5.74, 6) is 0.792. The van der Waals surface area contributed by atoms with Crippen LogP contribution in [0.4, 0.5) is 0 Å². The number of allylic oxidation sites excluding steroid dienone is 1. The average Bonchev–Trinajstić information content (AvgIpc) is 2.81. The predicted molar refractivity (Wildman–Crippen MR) is 71.7 cm³/mol. The van der Waals surface area contributed by atoms with Crippen molar-refractivity contribution in [1.29, 1.82) is 0 Å². The van der Waals surface area contributed by atoms with Gasteiger partial charge in [-0.3, -0.25) is 9.23 Å². The van der Waals surface area contributed by atoms with Gasteiger partial charge in [-0.1, -0.05) is 0 Å². The topological polar surface area (TPSA) is 87.9 Å². The standard InChI is InChI=1S/C12H16N4O4S/c1-14-10-6-15-7-11(9(10)5-13-14)16(20-21(17,18)19)12(15)8-3-2-4-8/h5,11H,2-4,6-7H2,1H3,(H,17,18,19). The number of hydroxylamine groups is 2. The van der Waals surface area contributed by atoms with E-state index in [9.17, 15) is 8.42 Å². The largest absolute Gasteiger partial charge is 0.418 e. The second kappa shape index (κ2) is 4.21. The molecule has 1 aliphatic carbocycles. The Hall–Kier alpha value is -1.58. The van der Waals surface area contributed by atoms with Crippen molar-refractivity contribution in [3.63, 3.8) is 0 Å². The first-order chi connectivity index (χ1) is 9.94. The molecule has 3 aliphatic rings. The van der Waals surface area contributed by atoms with Crippen molar-refractivity contribution >= 4 is 10.4 Å². The minimum absolute atomic E-state index is 0.257. The Morgan fingerprint density at radius 1 is 1.43 bits per heavy atom. The number of hydrogen-bond acceptors (Lipinski definition) is 6. The van der Waals surface area contributed by atoms with Crippen LogP contribution in [0, 0.1) is 0 Å². The molecule has 9 heteroatoms. The highest BCUT2D eigenvalue weighted by molar-refractivity contribution is 7.80. The van der Waals surface area contributed by atoms with Crippen LogP contribution in [0.5, 0.6) is 0 Å². The normalized spacial score (nSPS) is 24.4. The van der Waals surface area contributed by atoms with Crippen molar-refractivity contribution in [3.8, 4) is 0 Å². The zero-order valence-corrected chi connectivity index (χ0v) is 12.4. The van der Waals surface area contributed by atoms with Crippen LogP contribution in [-0.4, -0.2) is 39.3 Å². The van der Waals surface area contributed by atoms with E-state index in [1.165, 1.54) is 10.6 Å². The van der Waals surface area contributed by atoms with Gasteiger partial charge in [0.1, 0.15) is 11.9 Å². The summed E-state index contributed by atoms with van der Waals surface area (Å²) in [7, 11) is -2.68. The van der Waals surface area contributed by atoms with E-state index in [0.717, 1.165) is 36.3 Å². The van der Waals surface area contributed by atoms with Crippen LogP contribution in [0.25, 0.3) is 0 Å². The van der Waals surface area contributed by atoms with Gasteiger partial charge in [-0.25, -0.2) is 5.06 Å². The van der Waals surface area contributed by atoms with E-state index in [1.807, 2.05) is 7.05 Å². The predicted octanol–water partition coefficient (Wildman–Crippen LogP) is 0.722. The molecule has 1 aromatic heterocycles. The average molecular weight is 312 g/mol. The van der Waals surface area contributed by atoms with Crippen LogP contribution in [0.2, 0.25) is 0 Å². The van der Waals surface area contributed by atoms with Crippen molar-refractivity contribution in [2.24, 2.45) is 7.05 Å². The molecular formula is C12H16N4O4S. The highest BCUT2D eigenvalue weighted by Crippen LogP contribution is 2.46. The lowest BCUT2D eigenvalue weighted by Gasteiger charge is -2.29. The van der Waals surface area contributed by atoms with Crippen molar-refractivity contribution in [2.75, 3.05) is 6.54 Å². The number of nitrogens with zero attached hydrogens (tertiary/aromatic N) is 4. The first kappa shape index (κ1) is 13.1. The van der Waals surface area contributed by atoms with E-state index in [-0.39, 0.29) is 6.04 Å². The molecular weight excluding hydrogens is 296 g/mol. The van der Waals surface area contributed by atoms with Gasteiger partial charge in [0, 0.05) is 19.2 Å². The quantitative estimate of drug-likeness (QED) is 0.805. The van der Waals surface area contributed by atoms with Crippen molar-refractivity contribution in [3.05, 3.63) is 28.8 Å². The minimum atomic E-state index is -4.55. The molecule has 0 radical (unpaired) electrons. The van der Waals surface area contributed by atoms with Gasteiger partial charge in [-0.05, 0) is 24.8 Å². The third kappa shape index (κ3) is 1.95. The summed E-state index contributed by atoms with van der Waals surface area (Å²) in [6.07, 6.45) is 4.73. The lowest BCUT2D eigenvalue weighted by Crippen LogP contribution is -2.28. The van der Waals surface area contributed by atoms with Gasteiger partial charge in [-0.2, -0.15) is 13.5 Å². The Morgan fingerprint density at radius 3 is 2.81 bits per heavy atom. The lowest BCUT2D eigenvalue weighted by molar-refractivity contribution is -0.0491. The van der Waals surface area contributed by atoms with Crippen LogP contribution < -0.4 is 0 Å². The second-order valence-electron chi connectivity index (χ2n) is 5.68. The summed E-state index contributed by atoms with van der Waals surface area (Å²) in [6, 6.07) is -0.257. The maximum Gasteiger partial charge on any atom is 0.418 e.